The van der Waals surface area contributed by atoms with Crippen molar-refractivity contribution in [3.05, 3.63) is 23.3 Å². The molecule has 0 aliphatic carbocycles. The number of nitrogens with zero attached hydrogens (tertiary/aromatic N) is 4. The van der Waals surface area contributed by atoms with Crippen molar-refractivity contribution in [3.8, 4) is 0 Å². The SMILES string of the molecule is CCN1CC2(CCC1=O)CCN(C(=O)c1cc(C)nc(C)n1)CC2. The first-order valence-electron chi connectivity index (χ1n) is 8.82. The van der Waals surface area contributed by atoms with Crippen molar-refractivity contribution in [1.82, 2.24) is 19.8 Å². The van der Waals surface area contributed by atoms with E-state index in [4.69, 9.17) is 0 Å². The van der Waals surface area contributed by atoms with Crippen LogP contribution in [0, 0.1) is 19.3 Å². The molecular weight excluding hydrogens is 304 g/mol. The minimum absolute atomic E-state index is 0.00214. The number of aromatic nitrogens is 2. The van der Waals surface area contributed by atoms with E-state index in [0.29, 0.717) is 17.9 Å². The van der Waals surface area contributed by atoms with Gasteiger partial charge < -0.3 is 9.80 Å². The van der Waals surface area contributed by atoms with Crippen LogP contribution in [0.4, 0.5) is 0 Å². The van der Waals surface area contributed by atoms with Crippen LogP contribution in [0.1, 0.15) is 54.6 Å². The lowest BCUT2D eigenvalue weighted by molar-refractivity contribution is -0.138. The van der Waals surface area contributed by atoms with Crippen LogP contribution in [0.3, 0.4) is 0 Å². The van der Waals surface area contributed by atoms with Crippen molar-refractivity contribution in [3.63, 3.8) is 0 Å². The lowest BCUT2D eigenvalue weighted by atomic mass is 9.72. The quantitative estimate of drug-likeness (QED) is 0.831. The van der Waals surface area contributed by atoms with Crippen LogP contribution in [0.2, 0.25) is 0 Å². The summed E-state index contributed by atoms with van der Waals surface area (Å²) in [5, 5.41) is 0. The van der Waals surface area contributed by atoms with Gasteiger partial charge in [0.2, 0.25) is 5.91 Å². The molecule has 0 atom stereocenters. The van der Waals surface area contributed by atoms with Crippen molar-refractivity contribution in [2.24, 2.45) is 5.41 Å². The van der Waals surface area contributed by atoms with Crippen LogP contribution in [-0.4, -0.2) is 57.8 Å². The van der Waals surface area contributed by atoms with Crippen LogP contribution in [-0.2, 0) is 4.79 Å². The van der Waals surface area contributed by atoms with Gasteiger partial charge in [-0.3, -0.25) is 9.59 Å². The molecule has 1 spiro atoms. The first kappa shape index (κ1) is 16.9. The summed E-state index contributed by atoms with van der Waals surface area (Å²) < 4.78 is 0. The molecule has 0 aromatic carbocycles. The Bertz CT molecular complexity index is 630. The second-order valence-electron chi connectivity index (χ2n) is 7.14. The Morgan fingerprint density at radius 2 is 1.92 bits per heavy atom. The number of likely N-dealkylation sites (tertiary alicyclic amines) is 2. The van der Waals surface area contributed by atoms with Crippen molar-refractivity contribution >= 4 is 11.8 Å². The van der Waals surface area contributed by atoms with Crippen molar-refractivity contribution < 1.29 is 9.59 Å². The van der Waals surface area contributed by atoms with E-state index in [2.05, 4.69) is 9.97 Å². The number of carbonyl (C=O) groups is 2. The van der Waals surface area contributed by atoms with Gasteiger partial charge >= 0.3 is 0 Å². The Morgan fingerprint density at radius 1 is 1.21 bits per heavy atom. The van der Waals surface area contributed by atoms with E-state index >= 15 is 0 Å². The Kier molecular flexibility index (Phi) is 4.56. The van der Waals surface area contributed by atoms with Gasteiger partial charge in [0.05, 0.1) is 0 Å². The van der Waals surface area contributed by atoms with Crippen LogP contribution in [0.15, 0.2) is 6.07 Å². The third-order valence-corrected chi connectivity index (χ3v) is 5.43. The zero-order valence-electron chi connectivity index (χ0n) is 14.8. The topological polar surface area (TPSA) is 66.4 Å². The maximum Gasteiger partial charge on any atom is 0.272 e. The number of hydrogen-bond donors (Lipinski definition) is 0. The molecular formula is C18H26N4O2. The average Bonchev–Trinajstić information content (AvgIpc) is 2.56. The normalized spacial score (nSPS) is 20.5. The number of piperidine rings is 2. The molecule has 3 heterocycles. The molecule has 0 bridgehead atoms. The maximum atomic E-state index is 12.7. The van der Waals surface area contributed by atoms with E-state index < -0.39 is 0 Å². The lowest BCUT2D eigenvalue weighted by Crippen LogP contribution is -2.52. The van der Waals surface area contributed by atoms with Gasteiger partial charge in [0, 0.05) is 38.3 Å². The van der Waals surface area contributed by atoms with Gasteiger partial charge in [0.15, 0.2) is 0 Å². The number of rotatable bonds is 2. The summed E-state index contributed by atoms with van der Waals surface area (Å²) in [6, 6.07) is 1.76. The molecule has 6 heteroatoms. The molecule has 2 aliphatic rings. The predicted molar refractivity (Wildman–Crippen MR) is 90.6 cm³/mol. The predicted octanol–water partition coefficient (Wildman–Crippen LogP) is 1.96. The summed E-state index contributed by atoms with van der Waals surface area (Å²) in [4.78, 5) is 37.0. The molecule has 2 fully saturated rings. The van der Waals surface area contributed by atoms with Gasteiger partial charge in [-0.2, -0.15) is 0 Å². The number of amides is 2. The molecule has 0 unspecified atom stereocenters. The molecule has 0 saturated carbocycles. The Hall–Kier alpha value is -1.98. The molecule has 1 aromatic heterocycles. The maximum absolute atomic E-state index is 12.7. The minimum atomic E-state index is -0.00214. The highest BCUT2D eigenvalue weighted by molar-refractivity contribution is 5.92. The highest BCUT2D eigenvalue weighted by Crippen LogP contribution is 2.40. The highest BCUT2D eigenvalue weighted by atomic mass is 16.2. The van der Waals surface area contributed by atoms with Gasteiger partial charge in [-0.05, 0) is 51.5 Å². The fourth-order valence-electron chi connectivity index (χ4n) is 3.97. The fraction of sp³-hybridized carbons (Fsp3) is 0.667. The monoisotopic (exact) mass is 330 g/mol. The number of aryl methyl sites for hydroxylation is 2. The van der Waals surface area contributed by atoms with E-state index in [0.717, 1.165) is 51.1 Å². The molecule has 2 saturated heterocycles. The smallest absolute Gasteiger partial charge is 0.272 e. The molecule has 24 heavy (non-hydrogen) atoms. The van der Waals surface area contributed by atoms with Gasteiger partial charge in [0.1, 0.15) is 11.5 Å². The van der Waals surface area contributed by atoms with Crippen molar-refractivity contribution in [1.29, 1.82) is 0 Å². The van der Waals surface area contributed by atoms with Crippen LogP contribution in [0.25, 0.3) is 0 Å². The Morgan fingerprint density at radius 3 is 2.54 bits per heavy atom. The Labute approximate surface area is 143 Å². The largest absolute Gasteiger partial charge is 0.342 e. The van der Waals surface area contributed by atoms with E-state index in [1.165, 1.54) is 0 Å². The summed E-state index contributed by atoms with van der Waals surface area (Å²) in [5.74, 6) is 0.905. The summed E-state index contributed by atoms with van der Waals surface area (Å²) in [5.41, 5.74) is 1.51. The molecule has 6 nitrogen and oxygen atoms in total. The first-order chi connectivity index (χ1) is 11.4. The average molecular weight is 330 g/mol. The van der Waals surface area contributed by atoms with Gasteiger partial charge in [-0.1, -0.05) is 0 Å². The molecule has 2 aliphatic heterocycles. The van der Waals surface area contributed by atoms with Gasteiger partial charge in [-0.25, -0.2) is 9.97 Å². The van der Waals surface area contributed by atoms with Crippen LogP contribution >= 0.6 is 0 Å². The number of hydrogen-bond acceptors (Lipinski definition) is 4. The standard InChI is InChI=1S/C18H26N4O2/c1-4-21-12-18(6-5-16(21)23)7-9-22(10-8-18)17(24)15-11-13(2)19-14(3)20-15/h11H,4-10,12H2,1-3H3. The summed E-state index contributed by atoms with van der Waals surface area (Å²) in [6.45, 7) is 8.84. The summed E-state index contributed by atoms with van der Waals surface area (Å²) in [7, 11) is 0. The molecule has 1 aromatic rings. The van der Waals surface area contributed by atoms with Gasteiger partial charge in [0.25, 0.3) is 5.91 Å². The van der Waals surface area contributed by atoms with Gasteiger partial charge in [-0.15, -0.1) is 0 Å². The third-order valence-electron chi connectivity index (χ3n) is 5.43. The molecule has 3 rings (SSSR count). The molecule has 0 N–H and O–H groups in total. The first-order valence-corrected chi connectivity index (χ1v) is 8.82. The van der Waals surface area contributed by atoms with Crippen LogP contribution < -0.4 is 0 Å². The lowest BCUT2D eigenvalue weighted by Gasteiger charge is -2.47. The summed E-state index contributed by atoms with van der Waals surface area (Å²) >= 11 is 0. The number of carbonyl (C=O) groups excluding carboxylic acids is 2. The second-order valence-corrected chi connectivity index (χ2v) is 7.14. The fourth-order valence-corrected chi connectivity index (χ4v) is 3.97. The summed E-state index contributed by atoms with van der Waals surface area (Å²) in [6.07, 6.45) is 3.53. The molecule has 0 radical (unpaired) electrons. The third kappa shape index (κ3) is 3.28. The van der Waals surface area contributed by atoms with E-state index in [1.54, 1.807) is 6.07 Å². The highest BCUT2D eigenvalue weighted by Gasteiger charge is 2.41. The zero-order chi connectivity index (χ0) is 17.3. The van der Waals surface area contributed by atoms with Crippen molar-refractivity contribution in [2.45, 2.75) is 46.5 Å². The minimum Gasteiger partial charge on any atom is -0.342 e. The van der Waals surface area contributed by atoms with E-state index in [1.807, 2.05) is 30.6 Å². The van der Waals surface area contributed by atoms with Crippen LogP contribution in [0.5, 0.6) is 0 Å². The molecule has 130 valence electrons. The Balaban J connectivity index is 1.66. The zero-order valence-corrected chi connectivity index (χ0v) is 14.8. The molecule has 2 amide bonds. The van der Waals surface area contributed by atoms with Crippen molar-refractivity contribution in [2.75, 3.05) is 26.2 Å². The second kappa shape index (κ2) is 6.49. The van der Waals surface area contributed by atoms with E-state index in [-0.39, 0.29) is 17.2 Å². The van der Waals surface area contributed by atoms with E-state index in [9.17, 15) is 9.59 Å².